The normalized spacial score (nSPS) is 11.4. The summed E-state index contributed by atoms with van der Waals surface area (Å²) in [5, 5.41) is 3.40. The second-order valence-electron chi connectivity index (χ2n) is 5.19. The van der Waals surface area contributed by atoms with Crippen LogP contribution < -0.4 is 10.1 Å². The van der Waals surface area contributed by atoms with E-state index in [4.69, 9.17) is 9.47 Å². The average Bonchev–Trinajstić information content (AvgIpc) is 2.34. The van der Waals surface area contributed by atoms with E-state index >= 15 is 0 Å². The van der Waals surface area contributed by atoms with Gasteiger partial charge in [-0.25, -0.2) is 0 Å². The van der Waals surface area contributed by atoms with Gasteiger partial charge in [0.1, 0.15) is 12.4 Å². The molecule has 0 saturated heterocycles. The number of rotatable bonds is 8. The molecule has 0 unspecified atom stereocenters. The first-order valence-electron chi connectivity index (χ1n) is 6.86. The lowest BCUT2D eigenvalue weighted by Gasteiger charge is -2.14. The van der Waals surface area contributed by atoms with Gasteiger partial charge in [0, 0.05) is 12.6 Å². The van der Waals surface area contributed by atoms with E-state index in [1.165, 1.54) is 5.56 Å². The second-order valence-corrected chi connectivity index (χ2v) is 6.90. The van der Waals surface area contributed by atoms with Crippen molar-refractivity contribution in [3.63, 3.8) is 0 Å². The summed E-state index contributed by atoms with van der Waals surface area (Å²) in [7, 11) is 0. The molecule has 0 bridgehead atoms. The third-order valence-electron chi connectivity index (χ3n) is 2.55. The van der Waals surface area contributed by atoms with Gasteiger partial charge in [-0.15, -0.1) is 0 Å². The smallest absolute Gasteiger partial charge is 0.147 e. The highest BCUT2D eigenvalue weighted by molar-refractivity contribution is 9.11. The Balaban J connectivity index is 2.59. The minimum absolute atomic E-state index is 0.231. The van der Waals surface area contributed by atoms with Crippen molar-refractivity contribution in [2.24, 2.45) is 0 Å². The third kappa shape index (κ3) is 6.57. The molecule has 1 aromatic rings. The molecule has 0 aromatic heterocycles. The first-order valence-corrected chi connectivity index (χ1v) is 8.44. The predicted molar refractivity (Wildman–Crippen MR) is 90.4 cm³/mol. The highest BCUT2D eigenvalue weighted by atomic mass is 79.9. The second kappa shape index (κ2) is 9.03. The van der Waals surface area contributed by atoms with E-state index in [0.29, 0.717) is 19.3 Å². The van der Waals surface area contributed by atoms with Gasteiger partial charge in [-0.05, 0) is 63.4 Å². The Labute approximate surface area is 138 Å². The van der Waals surface area contributed by atoms with Crippen LogP contribution in [0.2, 0.25) is 0 Å². The molecular formula is C15H23Br2NO2. The summed E-state index contributed by atoms with van der Waals surface area (Å²) in [6, 6.07) is 4.63. The standard InChI is InChI=1S/C15H23Br2NO2/c1-10(2)18-9-12-7-13(16)15(14(17)8-12)20-6-5-19-11(3)4/h7-8,10-11,18H,5-6,9H2,1-4H3. The predicted octanol–water partition coefficient (Wildman–Crippen LogP) is 4.51. The van der Waals surface area contributed by atoms with Crippen LogP contribution in [0.4, 0.5) is 0 Å². The number of nitrogens with one attached hydrogen (secondary N) is 1. The topological polar surface area (TPSA) is 30.5 Å². The van der Waals surface area contributed by atoms with Crippen molar-refractivity contribution in [2.45, 2.75) is 46.4 Å². The van der Waals surface area contributed by atoms with Crippen molar-refractivity contribution >= 4 is 31.9 Å². The Morgan fingerprint density at radius 3 is 2.15 bits per heavy atom. The van der Waals surface area contributed by atoms with E-state index in [1.807, 2.05) is 13.8 Å². The molecule has 0 aliphatic heterocycles. The SMILES string of the molecule is CC(C)NCc1cc(Br)c(OCCOC(C)C)c(Br)c1. The summed E-state index contributed by atoms with van der Waals surface area (Å²) in [6.07, 6.45) is 0.231. The molecule has 3 nitrogen and oxygen atoms in total. The molecule has 0 aliphatic rings. The summed E-state index contributed by atoms with van der Waals surface area (Å²) in [5.41, 5.74) is 1.21. The summed E-state index contributed by atoms with van der Waals surface area (Å²) < 4.78 is 13.1. The molecule has 0 aliphatic carbocycles. The van der Waals surface area contributed by atoms with Gasteiger partial charge in [0.05, 0.1) is 21.7 Å². The number of halogens is 2. The zero-order chi connectivity index (χ0) is 15.1. The molecule has 20 heavy (non-hydrogen) atoms. The number of hydrogen-bond donors (Lipinski definition) is 1. The zero-order valence-electron chi connectivity index (χ0n) is 12.5. The summed E-state index contributed by atoms with van der Waals surface area (Å²) in [4.78, 5) is 0. The minimum Gasteiger partial charge on any atom is -0.489 e. The Bertz CT molecular complexity index is 399. The first-order chi connectivity index (χ1) is 9.40. The number of hydrogen-bond acceptors (Lipinski definition) is 3. The maximum atomic E-state index is 5.76. The lowest BCUT2D eigenvalue weighted by atomic mass is 10.2. The highest BCUT2D eigenvalue weighted by Gasteiger charge is 2.09. The molecule has 5 heteroatoms. The lowest BCUT2D eigenvalue weighted by Crippen LogP contribution is -2.21. The molecule has 114 valence electrons. The van der Waals surface area contributed by atoms with Crippen molar-refractivity contribution < 1.29 is 9.47 Å². The monoisotopic (exact) mass is 407 g/mol. The van der Waals surface area contributed by atoms with Gasteiger partial charge in [-0.1, -0.05) is 13.8 Å². The molecule has 1 N–H and O–H groups in total. The fourth-order valence-electron chi connectivity index (χ4n) is 1.60. The molecule has 0 radical (unpaired) electrons. The Hall–Kier alpha value is -0.100. The largest absolute Gasteiger partial charge is 0.489 e. The van der Waals surface area contributed by atoms with Crippen LogP contribution in [0.1, 0.15) is 33.3 Å². The minimum atomic E-state index is 0.231. The van der Waals surface area contributed by atoms with Crippen LogP contribution in [-0.4, -0.2) is 25.4 Å². The van der Waals surface area contributed by atoms with Crippen molar-refractivity contribution in [1.29, 1.82) is 0 Å². The van der Waals surface area contributed by atoms with Crippen LogP contribution in [-0.2, 0) is 11.3 Å². The Morgan fingerprint density at radius 2 is 1.65 bits per heavy atom. The number of ether oxygens (including phenoxy) is 2. The lowest BCUT2D eigenvalue weighted by molar-refractivity contribution is 0.0549. The van der Waals surface area contributed by atoms with E-state index in [0.717, 1.165) is 21.2 Å². The van der Waals surface area contributed by atoms with Crippen molar-refractivity contribution in [1.82, 2.24) is 5.32 Å². The van der Waals surface area contributed by atoms with Crippen LogP contribution in [0.25, 0.3) is 0 Å². The van der Waals surface area contributed by atoms with E-state index in [2.05, 4.69) is 63.2 Å². The Morgan fingerprint density at radius 1 is 1.05 bits per heavy atom. The molecule has 0 atom stereocenters. The van der Waals surface area contributed by atoms with Gasteiger partial charge >= 0.3 is 0 Å². The van der Waals surface area contributed by atoms with Crippen LogP contribution in [0, 0.1) is 0 Å². The zero-order valence-corrected chi connectivity index (χ0v) is 15.7. The quantitative estimate of drug-likeness (QED) is 0.641. The van der Waals surface area contributed by atoms with Crippen LogP contribution in [0.3, 0.4) is 0 Å². The molecular weight excluding hydrogens is 386 g/mol. The van der Waals surface area contributed by atoms with Gasteiger partial charge in [0.15, 0.2) is 0 Å². The van der Waals surface area contributed by atoms with Gasteiger partial charge < -0.3 is 14.8 Å². The summed E-state index contributed by atoms with van der Waals surface area (Å²) >= 11 is 7.12. The molecule has 0 heterocycles. The molecule has 0 spiro atoms. The number of benzene rings is 1. The maximum absolute atomic E-state index is 5.76. The van der Waals surface area contributed by atoms with Crippen LogP contribution in [0.15, 0.2) is 21.1 Å². The van der Waals surface area contributed by atoms with Gasteiger partial charge in [0.2, 0.25) is 0 Å². The van der Waals surface area contributed by atoms with E-state index < -0.39 is 0 Å². The van der Waals surface area contributed by atoms with Gasteiger partial charge in [-0.3, -0.25) is 0 Å². The maximum Gasteiger partial charge on any atom is 0.147 e. The van der Waals surface area contributed by atoms with E-state index in [1.54, 1.807) is 0 Å². The third-order valence-corrected chi connectivity index (χ3v) is 3.73. The molecule has 0 saturated carbocycles. The van der Waals surface area contributed by atoms with Crippen LogP contribution >= 0.6 is 31.9 Å². The molecule has 0 amide bonds. The van der Waals surface area contributed by atoms with Crippen molar-refractivity contribution in [2.75, 3.05) is 13.2 Å². The summed E-state index contributed by atoms with van der Waals surface area (Å²) in [6.45, 7) is 10.3. The summed E-state index contributed by atoms with van der Waals surface area (Å²) in [5.74, 6) is 0.825. The fraction of sp³-hybridized carbons (Fsp3) is 0.600. The van der Waals surface area contributed by atoms with E-state index in [-0.39, 0.29) is 6.10 Å². The Kier molecular flexibility index (Phi) is 8.10. The van der Waals surface area contributed by atoms with Crippen LogP contribution in [0.5, 0.6) is 5.75 Å². The molecule has 1 rings (SSSR count). The fourth-order valence-corrected chi connectivity index (χ4v) is 3.11. The van der Waals surface area contributed by atoms with Gasteiger partial charge in [0.25, 0.3) is 0 Å². The first kappa shape index (κ1) is 18.0. The molecule has 1 aromatic carbocycles. The van der Waals surface area contributed by atoms with E-state index in [9.17, 15) is 0 Å². The van der Waals surface area contributed by atoms with Crippen molar-refractivity contribution in [3.05, 3.63) is 26.6 Å². The average molecular weight is 409 g/mol. The van der Waals surface area contributed by atoms with Crippen molar-refractivity contribution in [3.8, 4) is 5.75 Å². The highest BCUT2D eigenvalue weighted by Crippen LogP contribution is 2.34. The molecule has 0 fully saturated rings. The van der Waals surface area contributed by atoms with Gasteiger partial charge in [-0.2, -0.15) is 0 Å².